The number of aliphatic hydroxyl groups excluding tert-OH is 1. The number of hydrogen-bond acceptors (Lipinski definition) is 4. The Bertz CT molecular complexity index is 678. The lowest BCUT2D eigenvalue weighted by Gasteiger charge is -2.53. The molecule has 5 nitrogen and oxygen atoms in total. The number of aliphatic hydroxyl groups is 1. The minimum Gasteiger partial charge on any atom is -0.494 e. The zero-order valence-corrected chi connectivity index (χ0v) is 17.7. The fourth-order valence-electron chi connectivity index (χ4n) is 5.03. The van der Waals surface area contributed by atoms with Crippen molar-refractivity contribution in [3.8, 4) is 5.75 Å². The summed E-state index contributed by atoms with van der Waals surface area (Å²) in [5.41, 5.74) is 2.41. The van der Waals surface area contributed by atoms with Gasteiger partial charge in [-0.1, -0.05) is 12.1 Å². The lowest BCUT2D eigenvalue weighted by atomic mass is 9.69. The number of hydrogen-bond donors (Lipinski definition) is 1. The van der Waals surface area contributed by atoms with Gasteiger partial charge in [-0.3, -0.25) is 4.79 Å². The number of piperidine rings is 2. The maximum Gasteiger partial charge on any atom is 0.222 e. The first-order valence-electron chi connectivity index (χ1n) is 10.8. The van der Waals surface area contributed by atoms with Crippen molar-refractivity contribution in [3.05, 3.63) is 29.3 Å². The molecule has 1 N–H and O–H groups in total. The van der Waals surface area contributed by atoms with E-state index < -0.39 is 0 Å². The highest BCUT2D eigenvalue weighted by molar-refractivity contribution is 5.76. The third-order valence-electron chi connectivity index (χ3n) is 6.76. The first-order chi connectivity index (χ1) is 13.5. The van der Waals surface area contributed by atoms with Crippen LogP contribution in [-0.2, 0) is 11.2 Å². The summed E-state index contributed by atoms with van der Waals surface area (Å²) in [6.45, 7) is 7.59. The Morgan fingerprint density at radius 1 is 1.32 bits per heavy atom. The van der Waals surface area contributed by atoms with Crippen LogP contribution in [0.3, 0.4) is 0 Å². The first kappa shape index (κ1) is 21.1. The molecule has 0 aromatic heterocycles. The minimum atomic E-state index is -0.0103. The van der Waals surface area contributed by atoms with Crippen molar-refractivity contribution in [2.24, 2.45) is 5.41 Å². The molecule has 3 rings (SSSR count). The minimum absolute atomic E-state index is 0.0103. The third-order valence-corrected chi connectivity index (χ3v) is 6.76. The highest BCUT2D eigenvalue weighted by atomic mass is 16.5. The molecule has 0 spiro atoms. The summed E-state index contributed by atoms with van der Waals surface area (Å²) in [5.74, 6) is 1.20. The molecule has 2 saturated heterocycles. The van der Waals surface area contributed by atoms with Gasteiger partial charge in [0.25, 0.3) is 0 Å². The molecule has 5 heteroatoms. The van der Waals surface area contributed by atoms with Crippen molar-refractivity contribution < 1.29 is 14.6 Å². The molecular weight excluding hydrogens is 352 g/mol. The number of ether oxygens (including phenoxy) is 1. The van der Waals surface area contributed by atoms with Crippen LogP contribution < -0.4 is 4.74 Å². The average Bonchev–Trinajstić information content (AvgIpc) is 2.70. The van der Waals surface area contributed by atoms with E-state index in [0.717, 1.165) is 63.1 Å². The Balaban J connectivity index is 1.51. The smallest absolute Gasteiger partial charge is 0.222 e. The number of likely N-dealkylation sites (N-methyl/N-ethyl adjacent to an activating group) is 1. The zero-order valence-electron chi connectivity index (χ0n) is 17.7. The molecule has 0 saturated carbocycles. The number of fused-ring (bicyclic) bond motifs is 1. The van der Waals surface area contributed by atoms with E-state index in [9.17, 15) is 9.90 Å². The lowest BCUT2D eigenvalue weighted by molar-refractivity contribution is -0.139. The Kier molecular flexibility index (Phi) is 7.00. The second-order valence-electron chi connectivity index (χ2n) is 8.60. The number of amides is 1. The molecule has 2 atom stereocenters. The predicted octanol–water partition coefficient (Wildman–Crippen LogP) is 3.02. The van der Waals surface area contributed by atoms with Crippen molar-refractivity contribution in [2.45, 2.75) is 58.4 Å². The van der Waals surface area contributed by atoms with Crippen LogP contribution in [0.15, 0.2) is 18.2 Å². The van der Waals surface area contributed by atoms with Crippen molar-refractivity contribution in [2.75, 3.05) is 39.9 Å². The number of carbonyl (C=O) groups excluding carboxylic acids is 1. The van der Waals surface area contributed by atoms with Crippen molar-refractivity contribution in [1.82, 2.24) is 9.80 Å². The van der Waals surface area contributed by atoms with Crippen LogP contribution in [0.25, 0.3) is 0 Å². The van der Waals surface area contributed by atoms with Gasteiger partial charge in [-0.25, -0.2) is 0 Å². The maximum atomic E-state index is 12.8. The van der Waals surface area contributed by atoms with Crippen LogP contribution in [-0.4, -0.2) is 66.8 Å². The number of likely N-dealkylation sites (tertiary alicyclic amines) is 2. The van der Waals surface area contributed by atoms with Crippen LogP contribution >= 0.6 is 0 Å². The summed E-state index contributed by atoms with van der Waals surface area (Å²) >= 11 is 0. The van der Waals surface area contributed by atoms with Gasteiger partial charge < -0.3 is 19.6 Å². The van der Waals surface area contributed by atoms with E-state index >= 15 is 0 Å². The molecule has 2 fully saturated rings. The fraction of sp³-hybridized carbons (Fsp3) is 0.696. The number of benzene rings is 1. The van der Waals surface area contributed by atoms with E-state index in [1.165, 1.54) is 5.56 Å². The van der Waals surface area contributed by atoms with Gasteiger partial charge in [0.15, 0.2) is 0 Å². The standard InChI is InChI=1S/C23H36N2O3/c1-4-28-20-10-9-19(15-18(20)2)7-5-8-22(27)25-14-12-23(17-26)11-6-13-24(3)21(23)16-25/h9-10,15,21,26H,4-8,11-14,16-17H2,1-3H3/t21-,23-/m1/s1. The summed E-state index contributed by atoms with van der Waals surface area (Å²) in [6.07, 6.45) is 5.52. The quantitative estimate of drug-likeness (QED) is 0.780. The van der Waals surface area contributed by atoms with Gasteiger partial charge in [-0.15, -0.1) is 0 Å². The van der Waals surface area contributed by atoms with Crippen LogP contribution in [0.4, 0.5) is 0 Å². The Morgan fingerprint density at radius 2 is 2.14 bits per heavy atom. The molecular formula is C23H36N2O3. The summed E-state index contributed by atoms with van der Waals surface area (Å²) in [4.78, 5) is 17.2. The fourth-order valence-corrected chi connectivity index (χ4v) is 5.03. The number of rotatable bonds is 7. The summed E-state index contributed by atoms with van der Waals surface area (Å²) in [5, 5.41) is 10.0. The second-order valence-corrected chi connectivity index (χ2v) is 8.60. The van der Waals surface area contributed by atoms with Crippen molar-refractivity contribution in [3.63, 3.8) is 0 Å². The molecule has 1 aromatic carbocycles. The summed E-state index contributed by atoms with van der Waals surface area (Å²) in [6, 6.07) is 6.60. The van der Waals surface area contributed by atoms with Crippen LogP contribution in [0.2, 0.25) is 0 Å². The van der Waals surface area contributed by atoms with E-state index in [2.05, 4.69) is 31.0 Å². The van der Waals surface area contributed by atoms with E-state index in [1.807, 2.05) is 17.9 Å². The topological polar surface area (TPSA) is 53.0 Å². The molecule has 0 bridgehead atoms. The number of aryl methyl sites for hydroxylation is 2. The monoisotopic (exact) mass is 388 g/mol. The largest absolute Gasteiger partial charge is 0.494 e. The predicted molar refractivity (Wildman–Crippen MR) is 112 cm³/mol. The zero-order chi connectivity index (χ0) is 20.1. The van der Waals surface area contributed by atoms with E-state index in [1.54, 1.807) is 0 Å². The molecule has 1 amide bonds. The SMILES string of the molecule is CCOc1ccc(CCCC(=O)N2CC[C@@]3(CO)CCCN(C)[C@@H]3C2)cc1C. The first-order valence-corrected chi connectivity index (χ1v) is 10.8. The molecule has 2 aliphatic heterocycles. The second kappa shape index (κ2) is 9.27. The molecule has 1 aromatic rings. The molecule has 28 heavy (non-hydrogen) atoms. The molecule has 0 aliphatic carbocycles. The normalized spacial score (nSPS) is 25.4. The lowest BCUT2D eigenvalue weighted by Crippen LogP contribution is -2.62. The van der Waals surface area contributed by atoms with Gasteiger partial charge in [-0.2, -0.15) is 0 Å². The highest BCUT2D eigenvalue weighted by Crippen LogP contribution is 2.41. The van der Waals surface area contributed by atoms with E-state index in [0.29, 0.717) is 13.0 Å². The van der Waals surface area contributed by atoms with Gasteiger partial charge in [0, 0.05) is 31.0 Å². The maximum absolute atomic E-state index is 12.8. The average molecular weight is 389 g/mol. The van der Waals surface area contributed by atoms with Crippen molar-refractivity contribution in [1.29, 1.82) is 0 Å². The van der Waals surface area contributed by atoms with Gasteiger partial charge >= 0.3 is 0 Å². The van der Waals surface area contributed by atoms with Gasteiger partial charge in [0.05, 0.1) is 13.2 Å². The summed E-state index contributed by atoms with van der Waals surface area (Å²) in [7, 11) is 2.14. The van der Waals surface area contributed by atoms with Gasteiger partial charge in [0.1, 0.15) is 5.75 Å². The van der Waals surface area contributed by atoms with Crippen LogP contribution in [0.1, 0.15) is 50.2 Å². The van der Waals surface area contributed by atoms with Crippen LogP contribution in [0, 0.1) is 12.3 Å². The van der Waals surface area contributed by atoms with Gasteiger partial charge in [0.2, 0.25) is 5.91 Å². The van der Waals surface area contributed by atoms with Crippen LogP contribution in [0.5, 0.6) is 5.75 Å². The van der Waals surface area contributed by atoms with Gasteiger partial charge in [-0.05, 0) is 76.7 Å². The van der Waals surface area contributed by atoms with E-state index in [-0.39, 0.29) is 24.0 Å². The molecule has 2 heterocycles. The third kappa shape index (κ3) is 4.52. The molecule has 2 aliphatic rings. The Hall–Kier alpha value is -1.59. The van der Waals surface area contributed by atoms with Crippen molar-refractivity contribution >= 4 is 5.91 Å². The van der Waals surface area contributed by atoms with E-state index in [4.69, 9.17) is 4.74 Å². The molecule has 156 valence electrons. The Morgan fingerprint density at radius 3 is 2.86 bits per heavy atom. The number of carbonyl (C=O) groups is 1. The highest BCUT2D eigenvalue weighted by Gasteiger charge is 2.47. The molecule has 0 unspecified atom stereocenters. The Labute approximate surface area is 169 Å². The number of nitrogens with zero attached hydrogens (tertiary/aromatic N) is 2. The summed E-state index contributed by atoms with van der Waals surface area (Å²) < 4.78 is 5.60. The molecule has 0 radical (unpaired) electrons.